The van der Waals surface area contributed by atoms with E-state index in [1.54, 1.807) is 20.8 Å². The van der Waals surface area contributed by atoms with Gasteiger partial charge in [-0.3, -0.25) is 14.1 Å². The van der Waals surface area contributed by atoms with Crippen LogP contribution in [0, 0.1) is 28.6 Å². The predicted octanol–water partition coefficient (Wildman–Crippen LogP) is 2.01. The lowest BCUT2D eigenvalue weighted by Crippen LogP contribution is -2.72. The lowest BCUT2D eigenvalue weighted by atomic mass is 9.41. The van der Waals surface area contributed by atoms with E-state index >= 15 is 4.39 Å². The van der Waals surface area contributed by atoms with Crippen molar-refractivity contribution in [3.63, 3.8) is 0 Å². The molecule has 32 heavy (non-hydrogen) atoms. The van der Waals surface area contributed by atoms with E-state index in [0.29, 0.717) is 18.4 Å². The molecule has 0 spiro atoms. The highest BCUT2D eigenvalue weighted by Gasteiger charge is 2.72. The zero-order chi connectivity index (χ0) is 23.9. The number of hydrogen-bond donors (Lipinski definition) is 4. The largest absolute Gasteiger partial charge is 0.469 e. The van der Waals surface area contributed by atoms with Crippen molar-refractivity contribution in [2.45, 2.75) is 63.8 Å². The third-order valence-corrected chi connectivity index (χ3v) is 9.28. The number of phosphoric acid groups is 1. The maximum Gasteiger partial charge on any atom is 0.469 e. The third-order valence-electron chi connectivity index (χ3n) is 8.82. The van der Waals surface area contributed by atoms with Gasteiger partial charge in [-0.05, 0) is 56.6 Å². The number of aliphatic hydroxyl groups excluding tert-OH is 1. The Balaban J connectivity index is 1.74. The minimum atomic E-state index is -4.93. The summed E-state index contributed by atoms with van der Waals surface area (Å²) in [6, 6.07) is 0. The van der Waals surface area contributed by atoms with E-state index in [9.17, 15) is 24.4 Å². The quantitative estimate of drug-likeness (QED) is 0.457. The van der Waals surface area contributed by atoms with E-state index in [0.717, 1.165) is 0 Å². The van der Waals surface area contributed by atoms with Crippen LogP contribution in [0.15, 0.2) is 23.8 Å². The van der Waals surface area contributed by atoms with Crippen LogP contribution in [0.3, 0.4) is 0 Å². The molecule has 0 aliphatic heterocycles. The molecule has 0 heterocycles. The van der Waals surface area contributed by atoms with Gasteiger partial charge in [-0.25, -0.2) is 8.96 Å². The number of phosphoric ester groups is 1. The highest BCUT2D eigenvalue weighted by Crippen LogP contribution is 2.67. The van der Waals surface area contributed by atoms with Crippen LogP contribution in [0.4, 0.5) is 4.39 Å². The zero-order valence-electron chi connectivity index (χ0n) is 18.3. The molecule has 10 heteroatoms. The molecule has 4 N–H and O–H groups in total. The number of allylic oxidation sites excluding steroid dienone is 4. The standard InChI is InChI=1S/C22H30FO8P/c1-12-8-16-15-5-4-13-9-14(24)6-7-20(13,3)22(15,23)17(25)10-19(16,2)18(26)21(12,27)11-31-32(28,29)30/h6-7,9,12,15-17,25,27H,4-5,8,10-11H2,1-3H3,(H2,28,29,30)/t12-,15?,16?,17-,19-,20-,21+,22-/m0/s1. The van der Waals surface area contributed by atoms with Gasteiger partial charge in [0.1, 0.15) is 5.60 Å². The van der Waals surface area contributed by atoms with Crippen LogP contribution < -0.4 is 0 Å². The normalized spacial score (nSPS) is 48.6. The van der Waals surface area contributed by atoms with Crippen LogP contribution in [-0.4, -0.2) is 55.5 Å². The van der Waals surface area contributed by atoms with E-state index in [1.807, 2.05) is 0 Å². The van der Waals surface area contributed by atoms with Crippen LogP contribution in [0.25, 0.3) is 0 Å². The first-order chi connectivity index (χ1) is 14.6. The lowest BCUT2D eigenvalue weighted by Gasteiger charge is -2.64. The summed E-state index contributed by atoms with van der Waals surface area (Å²) in [5.41, 5.74) is -6.12. The van der Waals surface area contributed by atoms with Crippen molar-refractivity contribution in [1.29, 1.82) is 0 Å². The van der Waals surface area contributed by atoms with Gasteiger partial charge in [0.05, 0.1) is 12.7 Å². The van der Waals surface area contributed by atoms with Crippen LogP contribution in [0.1, 0.15) is 46.5 Å². The molecular weight excluding hydrogens is 442 g/mol. The first-order valence-corrected chi connectivity index (χ1v) is 12.4. The van der Waals surface area contributed by atoms with Gasteiger partial charge in [0.2, 0.25) is 0 Å². The zero-order valence-corrected chi connectivity index (χ0v) is 19.2. The highest BCUT2D eigenvalue weighted by molar-refractivity contribution is 7.46. The fourth-order valence-corrected chi connectivity index (χ4v) is 7.31. The van der Waals surface area contributed by atoms with Crippen molar-refractivity contribution in [3.8, 4) is 0 Å². The van der Waals surface area contributed by atoms with E-state index in [1.165, 1.54) is 18.2 Å². The molecule has 8 nitrogen and oxygen atoms in total. The third kappa shape index (κ3) is 3.09. The number of hydrogen-bond acceptors (Lipinski definition) is 6. The second kappa shape index (κ2) is 7.14. The predicted molar refractivity (Wildman–Crippen MR) is 111 cm³/mol. The van der Waals surface area contributed by atoms with Gasteiger partial charge in [0.25, 0.3) is 0 Å². The molecule has 4 aliphatic rings. The summed E-state index contributed by atoms with van der Waals surface area (Å²) in [6.45, 7) is 3.97. The van der Waals surface area contributed by atoms with Crippen LogP contribution in [0.2, 0.25) is 0 Å². The fraction of sp³-hybridized carbons (Fsp3) is 0.727. The number of Topliss-reactive ketones (excluding diaryl/α,β-unsaturated/α-hetero) is 1. The molecule has 8 atom stereocenters. The minimum absolute atomic E-state index is 0.216. The molecule has 0 aromatic heterocycles. The van der Waals surface area contributed by atoms with E-state index in [2.05, 4.69) is 4.52 Å². The lowest BCUT2D eigenvalue weighted by molar-refractivity contribution is -0.225. The Morgan fingerprint density at radius 2 is 1.91 bits per heavy atom. The molecule has 0 aromatic rings. The topological polar surface area (TPSA) is 141 Å². The SMILES string of the molecule is C[C@H]1CC2C3CCC4=CC(=O)C=C[C@]4(C)[C@@]3(F)[C@@H](O)C[C@]2(C)C(=O)[C@@]1(O)COP(=O)(O)O. The second-order valence-corrected chi connectivity index (χ2v) is 11.7. The average Bonchev–Trinajstić information content (AvgIpc) is 2.69. The van der Waals surface area contributed by atoms with Crippen LogP contribution >= 0.6 is 7.82 Å². The highest BCUT2D eigenvalue weighted by atomic mass is 31.2. The Labute approximate surface area is 185 Å². The van der Waals surface area contributed by atoms with Crippen molar-refractivity contribution in [1.82, 2.24) is 0 Å². The average molecular weight is 472 g/mol. The monoisotopic (exact) mass is 472 g/mol. The van der Waals surface area contributed by atoms with Crippen molar-refractivity contribution < 1.29 is 43.1 Å². The van der Waals surface area contributed by atoms with Gasteiger partial charge < -0.3 is 20.0 Å². The maximum absolute atomic E-state index is 17.0. The summed E-state index contributed by atoms with van der Waals surface area (Å²) in [7, 11) is -4.93. The van der Waals surface area contributed by atoms with Gasteiger partial charge in [-0.15, -0.1) is 0 Å². The smallest absolute Gasteiger partial charge is 0.390 e. The maximum atomic E-state index is 17.0. The molecule has 3 saturated carbocycles. The molecule has 178 valence electrons. The van der Waals surface area contributed by atoms with Crippen LogP contribution in [0.5, 0.6) is 0 Å². The van der Waals surface area contributed by atoms with Crippen molar-refractivity contribution in [3.05, 3.63) is 23.8 Å². The summed E-state index contributed by atoms with van der Waals surface area (Å²) in [5.74, 6) is -2.85. The van der Waals surface area contributed by atoms with Crippen LogP contribution in [-0.2, 0) is 18.7 Å². The number of carbonyl (C=O) groups is 2. The van der Waals surface area contributed by atoms with Gasteiger partial charge >= 0.3 is 7.82 Å². The number of halogens is 1. The Morgan fingerprint density at radius 3 is 2.53 bits per heavy atom. The molecule has 0 saturated heterocycles. The summed E-state index contributed by atoms with van der Waals surface area (Å²) >= 11 is 0. The Kier molecular flexibility index (Phi) is 5.34. The van der Waals surface area contributed by atoms with E-state index < -0.39 is 66.2 Å². The number of carbonyl (C=O) groups excluding carboxylic acids is 2. The Morgan fingerprint density at radius 1 is 1.25 bits per heavy atom. The molecule has 0 bridgehead atoms. The molecule has 0 aromatic carbocycles. The van der Waals surface area contributed by atoms with Crippen molar-refractivity contribution >= 4 is 19.4 Å². The number of aliphatic hydroxyl groups is 2. The molecule has 2 unspecified atom stereocenters. The Hall–Kier alpha value is -1.22. The molecule has 3 fully saturated rings. The molecule has 0 radical (unpaired) electrons. The molecule has 0 amide bonds. The van der Waals surface area contributed by atoms with Gasteiger partial charge in [-0.1, -0.05) is 25.5 Å². The Bertz CT molecular complexity index is 973. The number of alkyl halides is 1. The molecular formula is C22H30FO8P. The second-order valence-electron chi connectivity index (χ2n) is 10.4. The first kappa shape index (κ1) is 23.9. The van der Waals surface area contributed by atoms with Gasteiger partial charge in [0.15, 0.2) is 17.2 Å². The van der Waals surface area contributed by atoms with E-state index in [4.69, 9.17) is 9.79 Å². The fourth-order valence-electron chi connectivity index (χ4n) is 6.94. The molecule has 4 aliphatic carbocycles. The molecule has 4 rings (SSSR count). The van der Waals surface area contributed by atoms with Gasteiger partial charge in [0, 0.05) is 16.7 Å². The summed E-state index contributed by atoms with van der Waals surface area (Å²) < 4.78 is 32.7. The number of ketones is 2. The van der Waals surface area contributed by atoms with Crippen molar-refractivity contribution in [2.75, 3.05) is 6.61 Å². The minimum Gasteiger partial charge on any atom is -0.390 e. The summed E-state index contributed by atoms with van der Waals surface area (Å²) in [4.78, 5) is 43.6. The van der Waals surface area contributed by atoms with Crippen molar-refractivity contribution in [2.24, 2.45) is 28.6 Å². The number of fused-ring (bicyclic) bond motifs is 5. The van der Waals surface area contributed by atoms with Gasteiger partial charge in [-0.2, -0.15) is 0 Å². The summed E-state index contributed by atoms with van der Waals surface area (Å²) in [5, 5.41) is 22.3. The summed E-state index contributed by atoms with van der Waals surface area (Å²) in [6.07, 6.45) is 3.52. The first-order valence-electron chi connectivity index (χ1n) is 10.9. The number of rotatable bonds is 3. The van der Waals surface area contributed by atoms with E-state index in [-0.39, 0.29) is 18.6 Å².